The van der Waals surface area contributed by atoms with Crippen molar-refractivity contribution in [2.24, 2.45) is 0 Å². The Bertz CT molecular complexity index is 5380. The third kappa shape index (κ3) is 9.48. The van der Waals surface area contributed by atoms with Gasteiger partial charge in [-0.3, -0.25) is 0 Å². The lowest BCUT2D eigenvalue weighted by atomic mass is 9.67. The Morgan fingerprint density at radius 1 is 0.223 bits per heavy atom. The van der Waals surface area contributed by atoms with Crippen LogP contribution in [0, 0.1) is 13.8 Å². The number of aryl methyl sites for hydroxylation is 2. The van der Waals surface area contributed by atoms with Gasteiger partial charge in [0.15, 0.2) is 34.9 Å². The molecule has 0 bridgehead atoms. The second-order valence-corrected chi connectivity index (χ2v) is 25.5. The standard InChI is InChI=1S/C88H62N6/c1-55-30-47-68(48-31-55)88(69-49-32-56(2)33-50-69)77-29-16-13-25-71(77)72-51-46-67(53-78(72)88)85-91-82(62-40-34-58(35-41-62)57-18-7-5-8-19-57)90-83(92-85)63-42-36-59(37-43-63)65-22-17-23-66(52-65)60-38-44-64(45-39-60)84-89-81(61-20-9-6-10-21-61)93-86(94-84)75-54-79-80(73-26-12-11-24-70(73)75)74-27-14-15-28-76(74)87(79,3)4/h5-54H,1-4H3. The highest BCUT2D eigenvalue weighted by Gasteiger charge is 2.46. The van der Waals surface area contributed by atoms with E-state index in [1.807, 2.05) is 24.3 Å². The molecule has 2 aliphatic rings. The molecule has 0 saturated heterocycles. The van der Waals surface area contributed by atoms with Crippen LogP contribution in [0.2, 0.25) is 0 Å². The van der Waals surface area contributed by atoms with E-state index in [1.54, 1.807) is 0 Å². The summed E-state index contributed by atoms with van der Waals surface area (Å²) in [6.07, 6.45) is 0. The fourth-order valence-electron chi connectivity index (χ4n) is 14.6. The number of nitrogens with zero attached hydrogens (tertiary/aromatic N) is 6. The molecule has 0 amide bonds. The van der Waals surface area contributed by atoms with E-state index in [4.69, 9.17) is 29.9 Å². The lowest BCUT2D eigenvalue weighted by molar-refractivity contribution is 0.661. The lowest BCUT2D eigenvalue weighted by Gasteiger charge is -2.34. The average molecular weight is 1200 g/mol. The lowest BCUT2D eigenvalue weighted by Crippen LogP contribution is -2.28. The fraction of sp³-hybridized carbons (Fsp3) is 0.0682. The first-order valence-electron chi connectivity index (χ1n) is 32.2. The highest BCUT2D eigenvalue weighted by molar-refractivity contribution is 6.08. The summed E-state index contributed by atoms with van der Waals surface area (Å²) >= 11 is 0. The van der Waals surface area contributed by atoms with Gasteiger partial charge in [0.05, 0.1) is 5.41 Å². The van der Waals surface area contributed by atoms with E-state index >= 15 is 0 Å². The molecule has 2 aliphatic carbocycles. The second kappa shape index (κ2) is 22.5. The van der Waals surface area contributed by atoms with Crippen molar-refractivity contribution >= 4 is 10.8 Å². The van der Waals surface area contributed by atoms with Crippen LogP contribution in [-0.2, 0) is 10.8 Å². The molecule has 15 aromatic rings. The molecule has 94 heavy (non-hydrogen) atoms. The zero-order valence-electron chi connectivity index (χ0n) is 52.6. The number of hydrogen-bond donors (Lipinski definition) is 0. The monoisotopic (exact) mass is 1200 g/mol. The maximum Gasteiger partial charge on any atom is 0.164 e. The number of benzene rings is 13. The Hall–Kier alpha value is -11.9. The minimum atomic E-state index is -0.592. The van der Waals surface area contributed by atoms with Gasteiger partial charge in [0.25, 0.3) is 0 Å². The second-order valence-electron chi connectivity index (χ2n) is 25.5. The van der Waals surface area contributed by atoms with E-state index in [-0.39, 0.29) is 5.41 Å². The van der Waals surface area contributed by atoms with Gasteiger partial charge in [-0.25, -0.2) is 29.9 Å². The molecular weight excluding hydrogens is 1140 g/mol. The Morgan fingerprint density at radius 2 is 0.596 bits per heavy atom. The summed E-state index contributed by atoms with van der Waals surface area (Å²) in [5, 5.41) is 2.31. The van der Waals surface area contributed by atoms with Gasteiger partial charge >= 0.3 is 0 Å². The normalized spacial score (nSPS) is 13.1. The van der Waals surface area contributed by atoms with Crippen molar-refractivity contribution in [2.45, 2.75) is 38.5 Å². The summed E-state index contributed by atoms with van der Waals surface area (Å²) in [7, 11) is 0. The van der Waals surface area contributed by atoms with Crippen LogP contribution < -0.4 is 0 Å². The Balaban J connectivity index is 0.720. The van der Waals surface area contributed by atoms with Crippen molar-refractivity contribution in [1.82, 2.24) is 29.9 Å². The van der Waals surface area contributed by atoms with Crippen molar-refractivity contribution in [3.8, 4) is 124 Å². The number of hydrogen-bond acceptors (Lipinski definition) is 6. The van der Waals surface area contributed by atoms with E-state index in [0.717, 1.165) is 72.1 Å². The minimum absolute atomic E-state index is 0.207. The van der Waals surface area contributed by atoms with Crippen molar-refractivity contribution in [3.05, 3.63) is 348 Å². The zero-order valence-corrected chi connectivity index (χ0v) is 52.6. The van der Waals surface area contributed by atoms with Crippen molar-refractivity contribution in [3.63, 3.8) is 0 Å². The van der Waals surface area contributed by atoms with Crippen LogP contribution >= 0.6 is 0 Å². The van der Waals surface area contributed by atoms with Gasteiger partial charge in [0, 0.05) is 38.8 Å². The van der Waals surface area contributed by atoms with Gasteiger partial charge in [-0.15, -0.1) is 0 Å². The summed E-state index contributed by atoms with van der Waals surface area (Å²) in [6.45, 7) is 8.96. The molecule has 2 heterocycles. The molecule has 0 fully saturated rings. The molecule has 0 N–H and O–H groups in total. The predicted octanol–water partition coefficient (Wildman–Crippen LogP) is 21.5. The maximum atomic E-state index is 5.38. The Kier molecular flexibility index (Phi) is 13.4. The fourth-order valence-corrected chi connectivity index (χ4v) is 14.6. The molecule has 0 atom stereocenters. The molecule has 6 nitrogen and oxygen atoms in total. The molecule has 0 radical (unpaired) electrons. The molecule has 0 spiro atoms. The summed E-state index contributed by atoms with van der Waals surface area (Å²) in [5.74, 6) is 3.69. The molecule has 13 aromatic carbocycles. The van der Waals surface area contributed by atoms with Gasteiger partial charge in [-0.2, -0.15) is 0 Å². The predicted molar refractivity (Wildman–Crippen MR) is 384 cm³/mol. The Labute approximate surface area is 547 Å². The first kappa shape index (κ1) is 56.1. The van der Waals surface area contributed by atoms with Crippen LogP contribution in [0.3, 0.4) is 0 Å². The van der Waals surface area contributed by atoms with Crippen LogP contribution in [-0.4, -0.2) is 29.9 Å². The average Bonchev–Trinajstić information content (AvgIpc) is 1.54. The highest BCUT2D eigenvalue weighted by atomic mass is 15.0. The highest BCUT2D eigenvalue weighted by Crippen LogP contribution is 2.57. The molecule has 0 saturated carbocycles. The Morgan fingerprint density at radius 3 is 1.14 bits per heavy atom. The molecular formula is C88H62N6. The van der Waals surface area contributed by atoms with Crippen LogP contribution in [0.4, 0.5) is 0 Å². The first-order chi connectivity index (χ1) is 46.1. The van der Waals surface area contributed by atoms with Crippen molar-refractivity contribution in [1.29, 1.82) is 0 Å². The molecule has 6 heteroatoms. The van der Waals surface area contributed by atoms with Crippen LogP contribution in [0.25, 0.3) is 135 Å². The summed E-state index contributed by atoms with van der Waals surface area (Å²) < 4.78 is 0. The van der Waals surface area contributed by atoms with Gasteiger partial charge < -0.3 is 0 Å². The third-order valence-electron chi connectivity index (χ3n) is 19.5. The minimum Gasteiger partial charge on any atom is -0.208 e. The quantitative estimate of drug-likeness (QED) is 0.128. The summed E-state index contributed by atoms with van der Waals surface area (Å²) in [5.41, 5.74) is 26.3. The largest absolute Gasteiger partial charge is 0.208 e. The molecule has 17 rings (SSSR count). The van der Waals surface area contributed by atoms with E-state index in [9.17, 15) is 0 Å². The van der Waals surface area contributed by atoms with Crippen molar-refractivity contribution < 1.29 is 0 Å². The number of aromatic nitrogens is 6. The van der Waals surface area contributed by atoms with Crippen molar-refractivity contribution in [2.75, 3.05) is 0 Å². The van der Waals surface area contributed by atoms with Crippen LogP contribution in [0.15, 0.2) is 303 Å². The summed E-state index contributed by atoms with van der Waals surface area (Å²) in [4.78, 5) is 31.8. The SMILES string of the molecule is Cc1ccc(C2(c3ccc(C)cc3)c3ccccc3-c3ccc(-c4nc(-c5ccc(-c6ccccc6)cc5)nc(-c5ccc(-c6cccc(-c7ccc(-c8nc(-c9ccccc9)nc(-c9cc%10c(c%11ccccc9%11)-c9ccccc9C%10(C)C)n8)cc7)c6)cc5)n4)cc32)cc1. The van der Waals surface area contributed by atoms with E-state index < -0.39 is 5.41 Å². The summed E-state index contributed by atoms with van der Waals surface area (Å²) in [6, 6.07) is 109. The van der Waals surface area contributed by atoms with Gasteiger partial charge in [0.1, 0.15) is 0 Å². The number of rotatable bonds is 11. The maximum absolute atomic E-state index is 5.38. The third-order valence-corrected chi connectivity index (χ3v) is 19.5. The molecule has 0 unspecified atom stereocenters. The zero-order chi connectivity index (χ0) is 63.1. The van der Waals surface area contributed by atoms with E-state index in [0.29, 0.717) is 34.9 Å². The van der Waals surface area contributed by atoms with Gasteiger partial charge in [-0.05, 0) is 132 Å². The number of fused-ring (bicyclic) bond motifs is 8. The molecule has 444 valence electrons. The van der Waals surface area contributed by atoms with E-state index in [2.05, 4.69) is 307 Å². The molecule has 0 aliphatic heterocycles. The molecule has 2 aromatic heterocycles. The van der Waals surface area contributed by atoms with Crippen LogP contribution in [0.5, 0.6) is 0 Å². The smallest absolute Gasteiger partial charge is 0.164 e. The van der Waals surface area contributed by atoms with E-state index in [1.165, 1.54) is 72.1 Å². The van der Waals surface area contributed by atoms with Crippen LogP contribution in [0.1, 0.15) is 58.4 Å². The van der Waals surface area contributed by atoms with Gasteiger partial charge in [0.2, 0.25) is 0 Å². The van der Waals surface area contributed by atoms with Gasteiger partial charge in [-0.1, -0.05) is 310 Å². The topological polar surface area (TPSA) is 77.3 Å². The first-order valence-corrected chi connectivity index (χ1v) is 32.2.